The molecule has 0 amide bonds. The van der Waals surface area contributed by atoms with Crippen LogP contribution in [0.3, 0.4) is 0 Å². The molecule has 0 rings (SSSR count). The van der Waals surface area contributed by atoms with E-state index in [-0.39, 0.29) is 5.97 Å². The molecule has 0 aromatic rings. The molecule has 0 aliphatic carbocycles. The molecule has 0 N–H and O–H groups in total. The quantitative estimate of drug-likeness (QED) is 0.243. The fourth-order valence-electron chi connectivity index (χ4n) is 1.99. The molecule has 0 radical (unpaired) electrons. The summed E-state index contributed by atoms with van der Waals surface area (Å²) in [5.41, 5.74) is 0. The molecule has 22 heavy (non-hydrogen) atoms. The first-order valence-electron chi connectivity index (χ1n) is 8.26. The maximum atomic E-state index is 10.9. The predicted octanol–water partition coefficient (Wildman–Crippen LogP) is 5.92. The summed E-state index contributed by atoms with van der Waals surface area (Å²) in [6.45, 7) is 0. The van der Waals surface area contributed by atoms with Crippen LogP contribution in [0.1, 0.15) is 70.6 Å². The highest BCUT2D eigenvalue weighted by Crippen LogP contribution is 2.08. The van der Waals surface area contributed by atoms with E-state index >= 15 is 0 Å². The Labute approximate surface area is 144 Å². The van der Waals surface area contributed by atoms with Crippen LogP contribution in [0, 0.1) is 11.8 Å². The number of carbonyl (C=O) groups is 1. The molecule has 0 aliphatic heterocycles. The van der Waals surface area contributed by atoms with E-state index in [1.54, 1.807) is 0 Å². The van der Waals surface area contributed by atoms with Crippen molar-refractivity contribution < 1.29 is 9.53 Å². The Bertz CT molecular complexity index is 375. The highest BCUT2D eigenvalue weighted by atomic mass is 79.9. The van der Waals surface area contributed by atoms with Crippen LogP contribution in [0.4, 0.5) is 0 Å². The molecule has 2 nitrogen and oxygen atoms in total. The number of hydrogen-bond acceptors (Lipinski definition) is 2. The zero-order valence-corrected chi connectivity index (χ0v) is 15.4. The number of esters is 1. The van der Waals surface area contributed by atoms with Crippen molar-refractivity contribution in [2.75, 3.05) is 7.11 Å². The molecule has 0 fully saturated rings. The fourth-order valence-corrected chi connectivity index (χ4v) is 2.25. The molecule has 0 atom stereocenters. The van der Waals surface area contributed by atoms with E-state index in [1.807, 2.05) is 17.1 Å². The molecule has 0 aliphatic rings. The first-order chi connectivity index (χ1) is 10.8. The smallest absolute Gasteiger partial charge is 0.305 e. The van der Waals surface area contributed by atoms with Gasteiger partial charge in [0.15, 0.2) is 0 Å². The third-order valence-electron chi connectivity index (χ3n) is 3.29. The van der Waals surface area contributed by atoms with Crippen LogP contribution in [0.25, 0.3) is 0 Å². The maximum absolute atomic E-state index is 10.9. The average molecular weight is 369 g/mol. The zero-order valence-electron chi connectivity index (χ0n) is 13.8. The predicted molar refractivity (Wildman–Crippen MR) is 97.8 cm³/mol. The van der Waals surface area contributed by atoms with Gasteiger partial charge in [-0.15, -0.1) is 0 Å². The van der Waals surface area contributed by atoms with Crippen molar-refractivity contribution in [1.29, 1.82) is 0 Å². The van der Waals surface area contributed by atoms with Crippen LogP contribution in [-0.2, 0) is 9.53 Å². The van der Waals surface area contributed by atoms with E-state index in [0.717, 1.165) is 19.3 Å². The Balaban J connectivity index is 3.29. The standard InChI is InChI=1S/C19H29BrO2/c1-22-19(21)17-15-13-11-9-7-5-3-2-4-6-8-10-12-14-16-18-20/h9,11,16,18H,2-4,6,8,10,12-15,17H2,1H3/b11-9-,18-16+. The van der Waals surface area contributed by atoms with Gasteiger partial charge in [0, 0.05) is 12.8 Å². The molecule has 0 heterocycles. The van der Waals surface area contributed by atoms with Crippen LogP contribution < -0.4 is 0 Å². The summed E-state index contributed by atoms with van der Waals surface area (Å²) in [6, 6.07) is 0. The van der Waals surface area contributed by atoms with Crippen molar-refractivity contribution >= 4 is 21.9 Å². The van der Waals surface area contributed by atoms with Crippen molar-refractivity contribution in [3.05, 3.63) is 23.2 Å². The van der Waals surface area contributed by atoms with Crippen molar-refractivity contribution in [3.8, 4) is 11.8 Å². The largest absolute Gasteiger partial charge is 0.469 e. The summed E-state index contributed by atoms with van der Waals surface area (Å²) in [5.74, 6) is 6.09. The van der Waals surface area contributed by atoms with Gasteiger partial charge in [-0.25, -0.2) is 0 Å². The lowest BCUT2D eigenvalue weighted by atomic mass is 10.1. The van der Waals surface area contributed by atoms with Crippen molar-refractivity contribution in [3.63, 3.8) is 0 Å². The first kappa shape index (κ1) is 21.0. The van der Waals surface area contributed by atoms with E-state index in [1.165, 1.54) is 52.1 Å². The third kappa shape index (κ3) is 17.0. The van der Waals surface area contributed by atoms with Crippen molar-refractivity contribution in [2.24, 2.45) is 0 Å². The molecule has 0 bridgehead atoms. The number of carbonyl (C=O) groups excluding carboxylic acids is 1. The van der Waals surface area contributed by atoms with E-state index < -0.39 is 0 Å². The fraction of sp³-hybridized carbons (Fsp3) is 0.632. The van der Waals surface area contributed by atoms with Gasteiger partial charge in [0.05, 0.1) is 7.11 Å². The number of rotatable bonds is 12. The molecule has 0 unspecified atom stereocenters. The second kappa shape index (κ2) is 18.0. The van der Waals surface area contributed by atoms with E-state index in [9.17, 15) is 4.79 Å². The van der Waals surface area contributed by atoms with Gasteiger partial charge in [-0.2, -0.15) is 0 Å². The third-order valence-corrected chi connectivity index (χ3v) is 3.67. The van der Waals surface area contributed by atoms with Gasteiger partial charge in [-0.1, -0.05) is 65.6 Å². The topological polar surface area (TPSA) is 26.3 Å². The van der Waals surface area contributed by atoms with Gasteiger partial charge in [0.25, 0.3) is 0 Å². The summed E-state index contributed by atoms with van der Waals surface area (Å²) in [5, 5.41) is 0. The molecule has 3 heteroatoms. The van der Waals surface area contributed by atoms with Gasteiger partial charge in [-0.05, 0) is 43.2 Å². The summed E-state index contributed by atoms with van der Waals surface area (Å²) >= 11 is 3.28. The number of allylic oxidation sites excluding steroid dienone is 3. The number of unbranched alkanes of at least 4 members (excludes halogenated alkanes) is 8. The lowest BCUT2D eigenvalue weighted by Crippen LogP contribution is -1.98. The number of ether oxygens (including phenoxy) is 1. The Hall–Kier alpha value is -1.01. The SMILES string of the molecule is COC(=O)CCC/C=C\C#CCCCCCCCC/C=C/Br. The summed E-state index contributed by atoms with van der Waals surface area (Å²) < 4.78 is 4.58. The normalized spacial score (nSPS) is 10.8. The minimum atomic E-state index is -0.140. The average Bonchev–Trinajstić information content (AvgIpc) is 2.54. The highest BCUT2D eigenvalue weighted by molar-refractivity contribution is 9.11. The van der Waals surface area contributed by atoms with Gasteiger partial charge in [-0.3, -0.25) is 4.79 Å². The number of hydrogen-bond donors (Lipinski definition) is 0. The summed E-state index contributed by atoms with van der Waals surface area (Å²) in [6.07, 6.45) is 18.2. The Kier molecular flexibility index (Phi) is 17.2. The number of methoxy groups -OCH3 is 1. The van der Waals surface area contributed by atoms with Gasteiger partial charge in [0.2, 0.25) is 0 Å². The van der Waals surface area contributed by atoms with Gasteiger partial charge < -0.3 is 4.74 Å². The van der Waals surface area contributed by atoms with Crippen molar-refractivity contribution in [1.82, 2.24) is 0 Å². The first-order valence-corrected chi connectivity index (χ1v) is 9.18. The minimum absolute atomic E-state index is 0.140. The second-order valence-corrected chi connectivity index (χ2v) is 5.74. The van der Waals surface area contributed by atoms with Crippen LogP contribution in [0.2, 0.25) is 0 Å². The van der Waals surface area contributed by atoms with Crippen LogP contribution in [0.5, 0.6) is 0 Å². The van der Waals surface area contributed by atoms with E-state index in [0.29, 0.717) is 6.42 Å². The molecule has 124 valence electrons. The lowest BCUT2D eigenvalue weighted by molar-refractivity contribution is -0.140. The Morgan fingerprint density at radius 3 is 2.41 bits per heavy atom. The van der Waals surface area contributed by atoms with Crippen LogP contribution >= 0.6 is 15.9 Å². The molecule has 0 saturated heterocycles. The molecule has 0 spiro atoms. The Morgan fingerprint density at radius 2 is 1.68 bits per heavy atom. The molecular weight excluding hydrogens is 340 g/mol. The summed E-state index contributed by atoms with van der Waals surface area (Å²) in [4.78, 5) is 12.8. The Morgan fingerprint density at radius 1 is 1.00 bits per heavy atom. The molecule has 0 saturated carbocycles. The lowest BCUT2D eigenvalue weighted by Gasteiger charge is -1.98. The molecule has 0 aromatic carbocycles. The number of halogens is 1. The van der Waals surface area contributed by atoms with Gasteiger partial charge >= 0.3 is 5.97 Å². The minimum Gasteiger partial charge on any atom is -0.469 e. The van der Waals surface area contributed by atoms with Gasteiger partial charge in [0.1, 0.15) is 0 Å². The maximum Gasteiger partial charge on any atom is 0.305 e. The van der Waals surface area contributed by atoms with Crippen LogP contribution in [0.15, 0.2) is 23.2 Å². The molecule has 0 aromatic heterocycles. The second-order valence-electron chi connectivity index (χ2n) is 5.21. The van der Waals surface area contributed by atoms with Crippen LogP contribution in [-0.4, -0.2) is 13.1 Å². The van der Waals surface area contributed by atoms with Crippen molar-refractivity contribution in [2.45, 2.75) is 70.6 Å². The highest BCUT2D eigenvalue weighted by Gasteiger charge is 1.96. The monoisotopic (exact) mass is 368 g/mol. The van der Waals surface area contributed by atoms with E-state index in [2.05, 4.69) is 38.6 Å². The summed E-state index contributed by atoms with van der Waals surface area (Å²) in [7, 11) is 1.42. The molecular formula is C19H29BrO2. The zero-order chi connectivity index (χ0) is 16.3. The van der Waals surface area contributed by atoms with E-state index in [4.69, 9.17) is 0 Å².